The zero-order valence-corrected chi connectivity index (χ0v) is 20.9. The second-order valence-corrected chi connectivity index (χ2v) is 12.0. The topological polar surface area (TPSA) is 101 Å². The normalized spacial score (nSPS) is 13.7. The Morgan fingerprint density at radius 3 is 2.41 bits per heavy atom. The van der Waals surface area contributed by atoms with Crippen LogP contribution in [0.4, 0.5) is 11.4 Å². The fourth-order valence-corrected chi connectivity index (χ4v) is 6.75. The van der Waals surface area contributed by atoms with E-state index in [4.69, 9.17) is 23.2 Å². The summed E-state index contributed by atoms with van der Waals surface area (Å²) in [5, 5.41) is 3.30. The molecule has 1 aliphatic heterocycles. The summed E-state index contributed by atoms with van der Waals surface area (Å²) in [6.07, 6.45) is -0.0660. The predicted octanol–water partition coefficient (Wildman–Crippen LogP) is 4.41. The number of fused-ring (bicyclic) bond motifs is 1. The fourth-order valence-electron chi connectivity index (χ4n) is 3.68. The molecule has 0 unspecified atom stereocenters. The van der Waals surface area contributed by atoms with Crippen LogP contribution < -0.4 is 10.2 Å². The fraction of sp³-hybridized carbons (Fsp3) is 0.174. The molecule has 2 heterocycles. The van der Waals surface area contributed by atoms with Crippen LogP contribution in [0.2, 0.25) is 9.36 Å². The van der Waals surface area contributed by atoms with Gasteiger partial charge in [-0.05, 0) is 47.5 Å². The summed E-state index contributed by atoms with van der Waals surface area (Å²) < 4.78 is 25.1. The Morgan fingerprint density at radius 1 is 1.09 bits per heavy atom. The monoisotopic (exact) mass is 536 g/mol. The van der Waals surface area contributed by atoms with Gasteiger partial charge in [0.15, 0.2) is 15.6 Å². The Bertz CT molecular complexity index is 1420. The van der Waals surface area contributed by atoms with Crippen LogP contribution in [-0.4, -0.2) is 38.8 Å². The molecular weight excluding hydrogens is 519 g/mol. The molecule has 3 aromatic rings. The van der Waals surface area contributed by atoms with Gasteiger partial charge in [-0.15, -0.1) is 11.3 Å². The third kappa shape index (κ3) is 4.88. The molecule has 0 spiro atoms. The lowest BCUT2D eigenvalue weighted by atomic mass is 9.97. The highest BCUT2D eigenvalue weighted by atomic mass is 35.5. The predicted molar refractivity (Wildman–Crippen MR) is 133 cm³/mol. The highest BCUT2D eigenvalue weighted by Gasteiger charge is 2.33. The molecule has 34 heavy (non-hydrogen) atoms. The van der Waals surface area contributed by atoms with Gasteiger partial charge in [-0.3, -0.25) is 14.4 Å². The van der Waals surface area contributed by atoms with Gasteiger partial charge < -0.3 is 5.32 Å². The molecule has 0 aliphatic carbocycles. The van der Waals surface area contributed by atoms with E-state index in [1.807, 2.05) is 0 Å². The summed E-state index contributed by atoms with van der Waals surface area (Å²) in [5.41, 5.74) is 2.49. The Balaban J connectivity index is 1.49. The van der Waals surface area contributed by atoms with Crippen molar-refractivity contribution in [3.8, 4) is 0 Å². The molecule has 4 rings (SSSR count). The minimum absolute atomic E-state index is 0.0394. The Hall–Kier alpha value is -2.72. The van der Waals surface area contributed by atoms with Crippen LogP contribution in [0.15, 0.2) is 52.7 Å². The van der Waals surface area contributed by atoms with Crippen LogP contribution in [0.25, 0.3) is 0 Å². The highest BCUT2D eigenvalue weighted by Crippen LogP contribution is 2.32. The van der Waals surface area contributed by atoms with E-state index in [0.29, 0.717) is 37.4 Å². The summed E-state index contributed by atoms with van der Waals surface area (Å²) in [6.45, 7) is 0. The summed E-state index contributed by atoms with van der Waals surface area (Å²) in [4.78, 5) is 39.2. The number of halogens is 2. The molecule has 2 aromatic carbocycles. The van der Waals surface area contributed by atoms with Crippen molar-refractivity contribution in [1.82, 2.24) is 0 Å². The zero-order valence-electron chi connectivity index (χ0n) is 17.8. The first kappa shape index (κ1) is 24.4. The second-order valence-electron chi connectivity index (χ2n) is 7.65. The number of thiophene rings is 1. The maximum Gasteiger partial charge on any atom is 0.265 e. The molecular formula is C23H18Cl2N2O5S2. The zero-order chi connectivity index (χ0) is 24.6. The molecule has 0 bridgehead atoms. The smallest absolute Gasteiger partial charge is 0.265 e. The quantitative estimate of drug-likeness (QED) is 0.448. The highest BCUT2D eigenvalue weighted by molar-refractivity contribution is 7.94. The van der Waals surface area contributed by atoms with E-state index in [2.05, 4.69) is 5.32 Å². The van der Waals surface area contributed by atoms with Gasteiger partial charge in [0.2, 0.25) is 5.91 Å². The molecule has 1 N–H and O–H groups in total. The molecule has 7 nitrogen and oxygen atoms in total. The summed E-state index contributed by atoms with van der Waals surface area (Å²) in [5.74, 6) is -1.99. The average Bonchev–Trinajstić information content (AvgIpc) is 3.22. The molecule has 0 saturated heterocycles. The summed E-state index contributed by atoms with van der Waals surface area (Å²) in [7, 11) is -2.06. The van der Waals surface area contributed by atoms with Crippen molar-refractivity contribution in [3.63, 3.8) is 0 Å². The number of imide groups is 1. The Labute approximate surface area is 210 Å². The molecule has 1 aliphatic rings. The maximum absolute atomic E-state index is 13.0. The van der Waals surface area contributed by atoms with E-state index in [1.165, 1.54) is 12.1 Å². The van der Waals surface area contributed by atoms with Gasteiger partial charge in [-0.25, -0.2) is 13.3 Å². The van der Waals surface area contributed by atoms with Crippen molar-refractivity contribution < 1.29 is 22.8 Å². The number of carbonyl (C=O) groups excluding carboxylic acids is 3. The molecule has 0 fully saturated rings. The van der Waals surface area contributed by atoms with Crippen LogP contribution in [0, 0.1) is 0 Å². The van der Waals surface area contributed by atoms with Crippen molar-refractivity contribution in [2.75, 3.05) is 23.0 Å². The number of anilines is 2. The number of Topliss-reactive ketones (excluding diaryl/α,β-unsaturated/α-hetero) is 1. The average molecular weight is 537 g/mol. The maximum atomic E-state index is 13.0. The number of hydrogen-bond acceptors (Lipinski definition) is 7. The number of ketones is 1. The largest absolute Gasteiger partial charge is 0.387 e. The molecule has 0 saturated carbocycles. The lowest BCUT2D eigenvalue weighted by Crippen LogP contribution is -2.42. The van der Waals surface area contributed by atoms with Crippen molar-refractivity contribution in [2.24, 2.45) is 0 Å². The van der Waals surface area contributed by atoms with Crippen LogP contribution in [0.3, 0.4) is 0 Å². The number of hydrogen-bond donors (Lipinski definition) is 1. The van der Waals surface area contributed by atoms with Crippen molar-refractivity contribution in [1.29, 1.82) is 0 Å². The van der Waals surface area contributed by atoms with Crippen LogP contribution in [0.5, 0.6) is 0 Å². The van der Waals surface area contributed by atoms with Gasteiger partial charge in [0, 0.05) is 19.0 Å². The van der Waals surface area contributed by atoms with Gasteiger partial charge >= 0.3 is 0 Å². The van der Waals surface area contributed by atoms with E-state index < -0.39 is 27.3 Å². The Kier molecular flexibility index (Phi) is 6.82. The van der Waals surface area contributed by atoms with E-state index in [9.17, 15) is 22.8 Å². The van der Waals surface area contributed by atoms with Crippen molar-refractivity contribution >= 4 is 73.3 Å². The summed E-state index contributed by atoms with van der Waals surface area (Å²) >= 11 is 12.9. The number of amides is 2. The lowest BCUT2D eigenvalue weighted by Gasteiger charge is -2.27. The number of nitrogens with one attached hydrogen (secondary N) is 1. The van der Waals surface area contributed by atoms with Crippen LogP contribution in [0.1, 0.15) is 21.5 Å². The minimum atomic E-state index is -3.76. The number of carbonyl (C=O) groups is 3. The van der Waals surface area contributed by atoms with Crippen LogP contribution >= 0.6 is 34.5 Å². The van der Waals surface area contributed by atoms with E-state index >= 15 is 0 Å². The molecule has 1 aromatic heterocycles. The molecule has 0 radical (unpaired) electrons. The first-order valence-corrected chi connectivity index (χ1v) is 13.3. The first-order valence-electron chi connectivity index (χ1n) is 10.1. The van der Waals surface area contributed by atoms with Crippen molar-refractivity contribution in [3.05, 3.63) is 74.6 Å². The molecule has 176 valence electrons. The number of benzene rings is 2. The van der Waals surface area contributed by atoms with E-state index in [1.54, 1.807) is 43.4 Å². The SMILES string of the molecule is CNc1cc2c(cc1Cl)C(=O)N(c1ccc(CC(=O)CS(=O)(=O)c3ccc(Cl)s3)cc1)C(=O)C2. The Morgan fingerprint density at radius 2 is 1.79 bits per heavy atom. The standard InChI is InChI=1S/C23H18Cl2N2O5S2/c1-26-19-9-14-10-21(29)27(23(30)17(14)11-18(19)24)15-4-2-13(3-5-15)8-16(28)12-34(31,32)22-7-6-20(25)33-22/h2-7,9,11,26H,8,10,12H2,1H3. The van der Waals surface area contributed by atoms with Gasteiger partial charge in [0.05, 0.1) is 27.2 Å². The van der Waals surface area contributed by atoms with Gasteiger partial charge in [0.25, 0.3) is 5.91 Å². The lowest BCUT2D eigenvalue weighted by molar-refractivity contribution is -0.118. The third-order valence-electron chi connectivity index (χ3n) is 5.29. The minimum Gasteiger partial charge on any atom is -0.387 e. The number of rotatable bonds is 7. The molecule has 0 atom stereocenters. The second kappa shape index (κ2) is 9.50. The number of sulfone groups is 1. The van der Waals surface area contributed by atoms with Crippen LogP contribution in [-0.2, 0) is 32.3 Å². The van der Waals surface area contributed by atoms with Crippen molar-refractivity contribution in [2.45, 2.75) is 17.1 Å². The van der Waals surface area contributed by atoms with Gasteiger partial charge in [-0.1, -0.05) is 35.3 Å². The number of nitrogens with zero attached hydrogens (tertiary/aromatic N) is 1. The third-order valence-corrected chi connectivity index (χ3v) is 9.09. The first-order chi connectivity index (χ1) is 16.1. The van der Waals surface area contributed by atoms with E-state index in [0.717, 1.165) is 16.2 Å². The van der Waals surface area contributed by atoms with Gasteiger partial charge in [0.1, 0.15) is 9.96 Å². The molecule has 11 heteroatoms. The van der Waals surface area contributed by atoms with Gasteiger partial charge in [-0.2, -0.15) is 0 Å². The molecule has 2 amide bonds. The van der Waals surface area contributed by atoms with E-state index in [-0.39, 0.29) is 23.0 Å². The summed E-state index contributed by atoms with van der Waals surface area (Å²) in [6, 6.07) is 12.4.